The van der Waals surface area contributed by atoms with Gasteiger partial charge in [-0.25, -0.2) is 0 Å². The molecule has 2 nitrogen and oxygen atoms in total. The van der Waals surface area contributed by atoms with Crippen molar-refractivity contribution in [3.05, 3.63) is 36.2 Å². The lowest BCUT2D eigenvalue weighted by Crippen LogP contribution is -2.36. The van der Waals surface area contributed by atoms with Crippen LogP contribution in [-0.2, 0) is 10.2 Å². The van der Waals surface area contributed by atoms with Gasteiger partial charge < -0.3 is 4.90 Å². The van der Waals surface area contributed by atoms with E-state index in [9.17, 15) is 4.79 Å². The molecular weight excluding hydrogens is 234 g/mol. The number of benzene rings is 1. The Kier molecular flexibility index (Phi) is 3.98. The van der Waals surface area contributed by atoms with Gasteiger partial charge in [-0.15, -0.1) is 0 Å². The van der Waals surface area contributed by atoms with Crippen molar-refractivity contribution in [2.24, 2.45) is 0 Å². The number of fused-ring (bicyclic) bond motifs is 1. The predicted molar refractivity (Wildman–Crippen MR) is 80.4 cm³/mol. The molecule has 2 heteroatoms. The predicted octanol–water partition coefficient (Wildman–Crippen LogP) is 4.07. The summed E-state index contributed by atoms with van der Waals surface area (Å²) >= 11 is 0. The summed E-state index contributed by atoms with van der Waals surface area (Å²) in [6, 6.07) is 6.09. The Morgan fingerprint density at radius 2 is 1.95 bits per heavy atom. The number of nitrogens with zero attached hydrogens (tertiary/aromatic N) is 1. The standard InChI is InChI=1S/C17H24NO/c1-5-6-7-8-11-18-15-10-9-13(2)12-14(15)17(3,4)16(18)19/h9-10,12H,2,5-8,11H2,1,3-4H3. The van der Waals surface area contributed by atoms with Gasteiger partial charge in [0, 0.05) is 12.2 Å². The van der Waals surface area contributed by atoms with Crippen LogP contribution in [0.5, 0.6) is 0 Å². The Hall–Kier alpha value is -1.31. The van der Waals surface area contributed by atoms with Gasteiger partial charge in [-0.05, 0) is 44.4 Å². The highest BCUT2D eigenvalue weighted by atomic mass is 16.2. The van der Waals surface area contributed by atoms with E-state index in [2.05, 4.69) is 19.9 Å². The Balaban J connectivity index is 2.20. The monoisotopic (exact) mass is 258 g/mol. The van der Waals surface area contributed by atoms with Crippen LogP contribution >= 0.6 is 0 Å². The van der Waals surface area contributed by atoms with Crippen LogP contribution in [0.4, 0.5) is 5.69 Å². The van der Waals surface area contributed by atoms with E-state index >= 15 is 0 Å². The molecule has 103 valence electrons. The zero-order chi connectivity index (χ0) is 14.0. The molecule has 0 spiro atoms. The summed E-state index contributed by atoms with van der Waals surface area (Å²) in [5.41, 5.74) is 2.78. The van der Waals surface area contributed by atoms with Gasteiger partial charge in [0.15, 0.2) is 0 Å². The SMILES string of the molecule is [CH2]c1ccc2c(c1)C(C)(C)C(=O)N2CCCCCC. The normalized spacial score (nSPS) is 16.8. The molecule has 1 heterocycles. The maximum atomic E-state index is 12.6. The van der Waals surface area contributed by atoms with Crippen molar-refractivity contribution >= 4 is 11.6 Å². The van der Waals surface area contributed by atoms with E-state index in [4.69, 9.17) is 0 Å². The quantitative estimate of drug-likeness (QED) is 0.729. The zero-order valence-corrected chi connectivity index (χ0v) is 12.3. The third-order valence-electron chi connectivity index (χ3n) is 4.04. The van der Waals surface area contributed by atoms with E-state index in [1.165, 1.54) is 19.3 Å². The molecule has 1 radical (unpaired) electrons. The van der Waals surface area contributed by atoms with Crippen LogP contribution in [0.1, 0.15) is 57.6 Å². The maximum absolute atomic E-state index is 12.6. The molecule has 0 bridgehead atoms. The van der Waals surface area contributed by atoms with E-state index in [0.29, 0.717) is 0 Å². The number of hydrogen-bond donors (Lipinski definition) is 0. The van der Waals surface area contributed by atoms with Gasteiger partial charge >= 0.3 is 0 Å². The topological polar surface area (TPSA) is 20.3 Å². The van der Waals surface area contributed by atoms with Gasteiger partial charge in [-0.3, -0.25) is 4.79 Å². The molecule has 19 heavy (non-hydrogen) atoms. The Morgan fingerprint density at radius 3 is 2.63 bits per heavy atom. The van der Waals surface area contributed by atoms with Gasteiger partial charge in [0.05, 0.1) is 5.41 Å². The number of hydrogen-bond acceptors (Lipinski definition) is 1. The average Bonchev–Trinajstić information content (AvgIpc) is 2.55. The molecule has 0 saturated carbocycles. The minimum atomic E-state index is -0.409. The molecule has 0 saturated heterocycles. The molecule has 1 aromatic rings. The smallest absolute Gasteiger partial charge is 0.237 e. The van der Waals surface area contributed by atoms with Crippen molar-refractivity contribution in [2.75, 3.05) is 11.4 Å². The molecule has 0 unspecified atom stereocenters. The second kappa shape index (κ2) is 5.36. The van der Waals surface area contributed by atoms with E-state index in [0.717, 1.165) is 29.8 Å². The molecule has 2 rings (SSSR count). The number of carbonyl (C=O) groups excluding carboxylic acids is 1. The second-order valence-corrected chi connectivity index (χ2v) is 5.99. The molecule has 1 aromatic carbocycles. The third-order valence-corrected chi connectivity index (χ3v) is 4.04. The fourth-order valence-corrected chi connectivity index (χ4v) is 2.80. The summed E-state index contributed by atoms with van der Waals surface area (Å²) in [6.07, 6.45) is 4.75. The summed E-state index contributed by atoms with van der Waals surface area (Å²) in [5, 5.41) is 0. The molecule has 0 fully saturated rings. The highest BCUT2D eigenvalue weighted by Crippen LogP contribution is 2.41. The van der Waals surface area contributed by atoms with Crippen molar-refractivity contribution in [1.29, 1.82) is 0 Å². The molecule has 0 aliphatic carbocycles. The molecule has 1 aliphatic heterocycles. The first-order chi connectivity index (χ1) is 8.98. The first kappa shape index (κ1) is 14.1. The van der Waals surface area contributed by atoms with Crippen molar-refractivity contribution in [1.82, 2.24) is 0 Å². The lowest BCUT2D eigenvalue weighted by atomic mass is 9.85. The van der Waals surface area contributed by atoms with Gasteiger partial charge in [-0.1, -0.05) is 38.3 Å². The summed E-state index contributed by atoms with van der Waals surface area (Å²) in [7, 11) is 0. The number of anilines is 1. The molecule has 1 amide bonds. The summed E-state index contributed by atoms with van der Waals surface area (Å²) in [4.78, 5) is 14.5. The van der Waals surface area contributed by atoms with Crippen LogP contribution in [0.25, 0.3) is 0 Å². The van der Waals surface area contributed by atoms with E-state index in [1.807, 2.05) is 30.9 Å². The number of unbranched alkanes of at least 4 members (excludes halogenated alkanes) is 3. The maximum Gasteiger partial charge on any atom is 0.237 e. The number of carbonyl (C=O) groups is 1. The fraction of sp³-hybridized carbons (Fsp3) is 0.529. The van der Waals surface area contributed by atoms with Gasteiger partial charge in [-0.2, -0.15) is 0 Å². The van der Waals surface area contributed by atoms with E-state index in [1.54, 1.807) is 0 Å². The minimum Gasteiger partial charge on any atom is -0.311 e. The fourth-order valence-electron chi connectivity index (χ4n) is 2.80. The third kappa shape index (κ3) is 2.54. The highest BCUT2D eigenvalue weighted by molar-refractivity contribution is 6.07. The van der Waals surface area contributed by atoms with Crippen LogP contribution in [0.2, 0.25) is 0 Å². The first-order valence-electron chi connectivity index (χ1n) is 7.27. The zero-order valence-electron chi connectivity index (χ0n) is 12.3. The van der Waals surface area contributed by atoms with Crippen LogP contribution in [0.15, 0.2) is 18.2 Å². The van der Waals surface area contributed by atoms with E-state index in [-0.39, 0.29) is 5.91 Å². The molecule has 0 N–H and O–H groups in total. The van der Waals surface area contributed by atoms with Crippen LogP contribution < -0.4 is 4.90 Å². The van der Waals surface area contributed by atoms with Crippen molar-refractivity contribution < 1.29 is 4.79 Å². The summed E-state index contributed by atoms with van der Waals surface area (Å²) in [6.45, 7) is 11.0. The molecule has 1 aliphatic rings. The molecule has 0 aromatic heterocycles. The van der Waals surface area contributed by atoms with Crippen molar-refractivity contribution in [2.45, 2.75) is 51.9 Å². The summed E-state index contributed by atoms with van der Waals surface area (Å²) < 4.78 is 0. The minimum absolute atomic E-state index is 0.226. The van der Waals surface area contributed by atoms with Gasteiger partial charge in [0.1, 0.15) is 0 Å². The Bertz CT molecular complexity index is 476. The van der Waals surface area contributed by atoms with Gasteiger partial charge in [0.25, 0.3) is 0 Å². The van der Waals surface area contributed by atoms with Gasteiger partial charge in [0.2, 0.25) is 5.91 Å². The largest absolute Gasteiger partial charge is 0.311 e. The lowest BCUT2D eigenvalue weighted by Gasteiger charge is -2.20. The molecule has 0 atom stereocenters. The van der Waals surface area contributed by atoms with Crippen LogP contribution in [-0.4, -0.2) is 12.5 Å². The summed E-state index contributed by atoms with van der Waals surface area (Å²) in [5.74, 6) is 0.226. The van der Waals surface area contributed by atoms with Crippen LogP contribution in [0.3, 0.4) is 0 Å². The van der Waals surface area contributed by atoms with Crippen molar-refractivity contribution in [3.63, 3.8) is 0 Å². The molecular formula is C17H24NO. The number of amides is 1. The Labute approximate surface area is 116 Å². The van der Waals surface area contributed by atoms with Crippen LogP contribution in [0, 0.1) is 6.92 Å². The Morgan fingerprint density at radius 1 is 1.21 bits per heavy atom. The second-order valence-electron chi connectivity index (χ2n) is 5.99. The average molecular weight is 258 g/mol. The number of rotatable bonds is 5. The van der Waals surface area contributed by atoms with E-state index < -0.39 is 5.41 Å². The first-order valence-corrected chi connectivity index (χ1v) is 7.27. The van der Waals surface area contributed by atoms with Crippen molar-refractivity contribution in [3.8, 4) is 0 Å². The lowest BCUT2D eigenvalue weighted by molar-refractivity contribution is -0.122. The highest BCUT2D eigenvalue weighted by Gasteiger charge is 2.43.